The number of piperidine rings is 1. The lowest BCUT2D eigenvalue weighted by Gasteiger charge is -2.25. The van der Waals surface area contributed by atoms with E-state index in [0.29, 0.717) is 17.4 Å². The average molecular weight is 438 g/mol. The van der Waals surface area contributed by atoms with E-state index in [9.17, 15) is 9.59 Å². The molecule has 1 aliphatic rings. The summed E-state index contributed by atoms with van der Waals surface area (Å²) in [6.07, 6.45) is 3.52. The first-order valence-corrected chi connectivity index (χ1v) is 11.5. The highest BCUT2D eigenvalue weighted by molar-refractivity contribution is 7.19. The Hall–Kier alpha value is -2.84. The maximum absolute atomic E-state index is 12.6. The number of thiazole rings is 1. The molecule has 8 heteroatoms. The molecule has 0 spiro atoms. The molecule has 0 unspecified atom stereocenters. The van der Waals surface area contributed by atoms with Crippen molar-refractivity contribution in [3.05, 3.63) is 52.8 Å². The van der Waals surface area contributed by atoms with Gasteiger partial charge in [-0.1, -0.05) is 48.1 Å². The Balaban J connectivity index is 1.66. The van der Waals surface area contributed by atoms with Gasteiger partial charge in [0.25, 0.3) is 5.56 Å². The molecule has 0 saturated carbocycles. The van der Waals surface area contributed by atoms with E-state index in [0.717, 1.165) is 42.1 Å². The molecule has 0 atom stereocenters. The molecular weight excluding hydrogens is 410 g/mol. The number of hydrogen-bond donors (Lipinski definition) is 1. The molecule has 3 aromatic rings. The van der Waals surface area contributed by atoms with Crippen molar-refractivity contribution >= 4 is 22.4 Å². The zero-order valence-electron chi connectivity index (χ0n) is 17.9. The summed E-state index contributed by atoms with van der Waals surface area (Å²) >= 11 is 1.38. The van der Waals surface area contributed by atoms with E-state index in [1.54, 1.807) is 6.07 Å². The largest absolute Gasteiger partial charge is 0.301 e. The lowest BCUT2D eigenvalue weighted by Crippen LogP contribution is -2.36. The Labute approximate surface area is 185 Å². The van der Waals surface area contributed by atoms with Gasteiger partial charge in [-0.2, -0.15) is 5.10 Å². The minimum Gasteiger partial charge on any atom is -0.301 e. The third-order valence-corrected chi connectivity index (χ3v) is 6.28. The lowest BCUT2D eigenvalue weighted by atomic mass is 10.1. The smallest absolute Gasteiger partial charge is 0.267 e. The highest BCUT2D eigenvalue weighted by Crippen LogP contribution is 2.38. The normalized spacial score (nSPS) is 14.7. The topological polar surface area (TPSA) is 80.1 Å². The van der Waals surface area contributed by atoms with E-state index in [4.69, 9.17) is 4.98 Å². The molecule has 4 rings (SSSR count). The summed E-state index contributed by atoms with van der Waals surface area (Å²) in [5.74, 6) is -0.0538. The van der Waals surface area contributed by atoms with Gasteiger partial charge in [-0.25, -0.2) is 9.67 Å². The second-order valence-electron chi connectivity index (χ2n) is 8.04. The molecule has 7 nitrogen and oxygen atoms in total. The number of nitrogens with zero attached hydrogens (tertiary/aromatic N) is 4. The fourth-order valence-corrected chi connectivity index (χ4v) is 4.70. The number of likely N-dealkylation sites (tertiary alicyclic amines) is 1. The van der Waals surface area contributed by atoms with Crippen molar-refractivity contribution in [2.24, 2.45) is 0 Å². The Morgan fingerprint density at radius 2 is 1.84 bits per heavy atom. The summed E-state index contributed by atoms with van der Waals surface area (Å²) in [4.78, 5) is 32.5. The van der Waals surface area contributed by atoms with Crippen LogP contribution in [0, 0.1) is 0 Å². The highest BCUT2D eigenvalue weighted by atomic mass is 32.1. The first kappa shape index (κ1) is 21.4. The number of carbonyl (C=O) groups excluding carboxylic acids is 1. The van der Waals surface area contributed by atoms with Crippen LogP contribution in [0.2, 0.25) is 0 Å². The van der Waals surface area contributed by atoms with Crippen LogP contribution >= 0.6 is 11.3 Å². The molecule has 31 heavy (non-hydrogen) atoms. The molecule has 162 valence electrons. The van der Waals surface area contributed by atoms with Crippen molar-refractivity contribution in [2.75, 3.05) is 25.0 Å². The molecule has 2 aromatic heterocycles. The molecule has 1 aromatic carbocycles. The first-order valence-electron chi connectivity index (χ1n) is 10.7. The van der Waals surface area contributed by atoms with E-state index in [1.165, 1.54) is 28.5 Å². The Kier molecular flexibility index (Phi) is 6.58. The van der Waals surface area contributed by atoms with Crippen molar-refractivity contribution in [1.82, 2.24) is 19.7 Å². The minimum absolute atomic E-state index is 0.0516. The van der Waals surface area contributed by atoms with Gasteiger partial charge in [-0.05, 0) is 45.8 Å². The van der Waals surface area contributed by atoms with E-state index < -0.39 is 0 Å². The molecule has 0 aliphatic carbocycles. The standard InChI is InChI=1S/C23H27N5O2S/c1-16(2)28-20(30)12-11-18(26-28)22-21(17-9-5-3-6-10-17)25-23(31-22)24-19(29)15-27-13-7-4-8-14-27/h3,5-6,9-12,16H,4,7-8,13-15H2,1-2H3,(H,24,25,29). The average Bonchev–Trinajstić information content (AvgIpc) is 3.18. The van der Waals surface area contributed by atoms with E-state index in [-0.39, 0.29) is 17.5 Å². The Morgan fingerprint density at radius 1 is 1.10 bits per heavy atom. The fraction of sp³-hybridized carbons (Fsp3) is 0.391. The lowest BCUT2D eigenvalue weighted by molar-refractivity contribution is -0.117. The third kappa shape index (κ3) is 5.08. The number of amides is 1. The number of benzene rings is 1. The maximum Gasteiger partial charge on any atom is 0.267 e. The molecule has 0 bridgehead atoms. The number of nitrogens with one attached hydrogen (secondary N) is 1. The molecule has 0 radical (unpaired) electrons. The van der Waals surface area contributed by atoms with Gasteiger partial charge in [0.2, 0.25) is 5.91 Å². The van der Waals surface area contributed by atoms with Crippen LogP contribution in [0.15, 0.2) is 47.3 Å². The first-order chi connectivity index (χ1) is 15.0. The third-order valence-electron chi connectivity index (χ3n) is 5.28. The van der Waals surface area contributed by atoms with Crippen molar-refractivity contribution in [3.8, 4) is 21.8 Å². The quantitative estimate of drug-likeness (QED) is 0.630. The molecular formula is C23H27N5O2S. The van der Waals surface area contributed by atoms with Crippen molar-refractivity contribution < 1.29 is 4.79 Å². The van der Waals surface area contributed by atoms with Crippen LogP contribution in [0.25, 0.3) is 21.8 Å². The van der Waals surface area contributed by atoms with Crippen molar-refractivity contribution in [3.63, 3.8) is 0 Å². The molecule has 1 N–H and O–H groups in total. The van der Waals surface area contributed by atoms with Gasteiger partial charge in [-0.15, -0.1) is 0 Å². The summed E-state index contributed by atoms with van der Waals surface area (Å²) in [6, 6.07) is 13.0. The fourth-order valence-electron chi connectivity index (χ4n) is 3.73. The molecule has 1 fully saturated rings. The van der Waals surface area contributed by atoms with Crippen LogP contribution in [-0.2, 0) is 4.79 Å². The zero-order chi connectivity index (χ0) is 21.8. The second kappa shape index (κ2) is 9.53. The van der Waals surface area contributed by atoms with Crippen LogP contribution in [0.4, 0.5) is 5.13 Å². The second-order valence-corrected chi connectivity index (χ2v) is 9.04. The Bertz CT molecular complexity index is 1100. The summed E-state index contributed by atoms with van der Waals surface area (Å²) in [7, 11) is 0. The summed E-state index contributed by atoms with van der Waals surface area (Å²) in [5.41, 5.74) is 2.22. The predicted molar refractivity (Wildman–Crippen MR) is 124 cm³/mol. The van der Waals surface area contributed by atoms with Crippen molar-refractivity contribution in [2.45, 2.75) is 39.2 Å². The van der Waals surface area contributed by atoms with Crippen LogP contribution in [0.3, 0.4) is 0 Å². The molecule has 1 aliphatic heterocycles. The van der Waals surface area contributed by atoms with Gasteiger partial charge in [0.1, 0.15) is 5.69 Å². The van der Waals surface area contributed by atoms with Gasteiger partial charge >= 0.3 is 0 Å². The Morgan fingerprint density at radius 3 is 2.55 bits per heavy atom. The minimum atomic E-state index is -0.139. The molecule has 1 amide bonds. The summed E-state index contributed by atoms with van der Waals surface area (Å²) in [5, 5.41) is 8.08. The van der Waals surface area contributed by atoms with Gasteiger partial charge in [-0.3, -0.25) is 14.5 Å². The van der Waals surface area contributed by atoms with E-state index in [2.05, 4.69) is 15.3 Å². The number of carbonyl (C=O) groups is 1. The van der Waals surface area contributed by atoms with Crippen LogP contribution in [0.5, 0.6) is 0 Å². The van der Waals surface area contributed by atoms with E-state index in [1.807, 2.05) is 44.2 Å². The van der Waals surface area contributed by atoms with Gasteiger partial charge < -0.3 is 5.32 Å². The zero-order valence-corrected chi connectivity index (χ0v) is 18.7. The van der Waals surface area contributed by atoms with Gasteiger partial charge in [0.05, 0.1) is 23.2 Å². The van der Waals surface area contributed by atoms with Gasteiger partial charge in [0.15, 0.2) is 5.13 Å². The summed E-state index contributed by atoms with van der Waals surface area (Å²) < 4.78 is 1.47. The van der Waals surface area contributed by atoms with E-state index >= 15 is 0 Å². The molecule has 1 saturated heterocycles. The van der Waals surface area contributed by atoms with Crippen molar-refractivity contribution in [1.29, 1.82) is 0 Å². The van der Waals surface area contributed by atoms with Crippen LogP contribution < -0.4 is 10.9 Å². The highest BCUT2D eigenvalue weighted by Gasteiger charge is 2.20. The van der Waals surface area contributed by atoms with Crippen LogP contribution in [0.1, 0.15) is 39.2 Å². The SMILES string of the molecule is CC(C)n1nc(-c2sc(NC(=O)CN3CCCCC3)nc2-c2ccccc2)ccc1=O. The number of aromatic nitrogens is 3. The number of hydrogen-bond acceptors (Lipinski definition) is 6. The maximum atomic E-state index is 12.6. The predicted octanol–water partition coefficient (Wildman–Crippen LogP) is 4.04. The van der Waals surface area contributed by atoms with Crippen LogP contribution in [-0.4, -0.2) is 45.2 Å². The summed E-state index contributed by atoms with van der Waals surface area (Å²) in [6.45, 7) is 6.16. The molecule has 3 heterocycles. The van der Waals surface area contributed by atoms with Gasteiger partial charge in [0, 0.05) is 11.6 Å². The monoisotopic (exact) mass is 437 g/mol. The number of rotatable bonds is 6. The number of anilines is 1.